The minimum atomic E-state index is -0.758. The lowest BCUT2D eigenvalue weighted by molar-refractivity contribution is -0.0609. The first-order valence-corrected chi connectivity index (χ1v) is 7.43. The van der Waals surface area contributed by atoms with Gasteiger partial charge in [-0.1, -0.05) is 60.7 Å². The Hall–Kier alpha value is -2.33. The van der Waals surface area contributed by atoms with E-state index in [1.165, 1.54) is 0 Å². The molecule has 1 heterocycles. The maximum Gasteiger partial charge on any atom is 0.318 e. The van der Waals surface area contributed by atoms with Crippen LogP contribution >= 0.6 is 0 Å². The third kappa shape index (κ3) is 3.12. The van der Waals surface area contributed by atoms with Gasteiger partial charge in [-0.25, -0.2) is 4.79 Å². The Morgan fingerprint density at radius 2 is 1.50 bits per heavy atom. The van der Waals surface area contributed by atoms with Gasteiger partial charge in [-0.3, -0.25) is 0 Å². The van der Waals surface area contributed by atoms with Gasteiger partial charge in [-0.2, -0.15) is 0 Å². The summed E-state index contributed by atoms with van der Waals surface area (Å²) in [4.78, 5) is 14.0. The molecule has 114 valence electrons. The Labute approximate surface area is 130 Å². The van der Waals surface area contributed by atoms with Crippen molar-refractivity contribution in [2.45, 2.75) is 18.6 Å². The van der Waals surface area contributed by atoms with Crippen LogP contribution in [0.3, 0.4) is 0 Å². The van der Waals surface area contributed by atoms with Crippen molar-refractivity contribution in [3.63, 3.8) is 0 Å². The molecule has 0 radical (unpaired) electrons. The molecule has 22 heavy (non-hydrogen) atoms. The van der Waals surface area contributed by atoms with E-state index in [0.717, 1.165) is 11.1 Å². The molecule has 0 atom stereocenters. The van der Waals surface area contributed by atoms with E-state index in [4.69, 9.17) is 0 Å². The average Bonchev–Trinajstić information content (AvgIpc) is 2.51. The predicted molar refractivity (Wildman–Crippen MR) is 85.5 cm³/mol. The van der Waals surface area contributed by atoms with Gasteiger partial charge in [0.05, 0.1) is 24.7 Å². The Balaban J connectivity index is 1.80. The summed E-state index contributed by atoms with van der Waals surface area (Å²) >= 11 is 0. The molecule has 0 unspecified atom stereocenters. The van der Waals surface area contributed by atoms with Crippen molar-refractivity contribution >= 4 is 6.03 Å². The predicted octanol–water partition coefficient (Wildman–Crippen LogP) is 2.55. The van der Waals surface area contributed by atoms with Crippen LogP contribution < -0.4 is 5.32 Å². The lowest BCUT2D eigenvalue weighted by Crippen LogP contribution is -2.64. The van der Waals surface area contributed by atoms with Gasteiger partial charge in [0.1, 0.15) is 0 Å². The van der Waals surface area contributed by atoms with Gasteiger partial charge in [0, 0.05) is 0 Å². The van der Waals surface area contributed by atoms with Gasteiger partial charge in [-0.05, 0) is 18.1 Å². The molecule has 0 bridgehead atoms. The second kappa shape index (κ2) is 5.81. The molecule has 0 spiro atoms. The molecule has 2 aromatic carbocycles. The van der Waals surface area contributed by atoms with E-state index in [-0.39, 0.29) is 12.1 Å². The molecule has 1 aliphatic heterocycles. The number of urea groups is 1. The number of likely N-dealkylation sites (tertiary alicyclic amines) is 1. The number of benzene rings is 2. The topological polar surface area (TPSA) is 52.6 Å². The number of rotatable bonds is 3. The van der Waals surface area contributed by atoms with Gasteiger partial charge < -0.3 is 15.3 Å². The molecule has 2 amide bonds. The Kier molecular flexibility index (Phi) is 3.86. The van der Waals surface area contributed by atoms with Gasteiger partial charge in [0.2, 0.25) is 0 Å². The van der Waals surface area contributed by atoms with Crippen LogP contribution in [-0.2, 0) is 0 Å². The zero-order valence-electron chi connectivity index (χ0n) is 12.6. The van der Waals surface area contributed by atoms with Crippen molar-refractivity contribution in [1.82, 2.24) is 10.2 Å². The summed E-state index contributed by atoms with van der Waals surface area (Å²) in [5, 5.41) is 12.8. The quantitative estimate of drug-likeness (QED) is 0.914. The summed E-state index contributed by atoms with van der Waals surface area (Å²) < 4.78 is 0. The zero-order valence-corrected chi connectivity index (χ0v) is 12.6. The first-order valence-electron chi connectivity index (χ1n) is 7.43. The van der Waals surface area contributed by atoms with E-state index in [0.29, 0.717) is 13.1 Å². The first-order chi connectivity index (χ1) is 10.6. The SMILES string of the molecule is CC1(O)CN(C(=O)NC(c2ccccc2)c2ccccc2)C1. The van der Waals surface area contributed by atoms with Gasteiger partial charge in [0.25, 0.3) is 0 Å². The van der Waals surface area contributed by atoms with E-state index in [1.807, 2.05) is 60.7 Å². The maximum atomic E-state index is 12.4. The molecule has 2 N–H and O–H groups in total. The maximum absolute atomic E-state index is 12.4. The standard InChI is InChI=1S/C18H20N2O2/c1-18(22)12-20(13-18)17(21)19-16(14-8-4-2-5-9-14)15-10-6-3-7-11-15/h2-11,16,22H,12-13H2,1H3,(H,19,21). The Morgan fingerprint density at radius 1 is 1.05 bits per heavy atom. The molecule has 4 heteroatoms. The Morgan fingerprint density at radius 3 is 1.91 bits per heavy atom. The summed E-state index contributed by atoms with van der Waals surface area (Å²) in [6.07, 6.45) is 0. The van der Waals surface area contributed by atoms with Crippen LogP contribution in [0.5, 0.6) is 0 Å². The number of β-amino-alcohol motifs (C(OH)–C–C–N with tert-alkyl or cyclic N) is 1. The monoisotopic (exact) mass is 296 g/mol. The van der Waals surface area contributed by atoms with Crippen LogP contribution in [0.4, 0.5) is 4.79 Å². The average molecular weight is 296 g/mol. The molecule has 1 fully saturated rings. The van der Waals surface area contributed by atoms with Crippen molar-refractivity contribution in [2.75, 3.05) is 13.1 Å². The molecule has 0 saturated carbocycles. The fraction of sp³-hybridized carbons (Fsp3) is 0.278. The van der Waals surface area contributed by atoms with E-state index >= 15 is 0 Å². The minimum Gasteiger partial charge on any atom is -0.386 e. The van der Waals surface area contributed by atoms with Gasteiger partial charge in [-0.15, -0.1) is 0 Å². The Bertz CT molecular complexity index is 593. The molecule has 0 aliphatic carbocycles. The molecule has 4 nitrogen and oxygen atoms in total. The summed E-state index contributed by atoms with van der Waals surface area (Å²) in [6, 6.07) is 19.4. The van der Waals surface area contributed by atoms with Gasteiger partial charge >= 0.3 is 6.03 Å². The smallest absolute Gasteiger partial charge is 0.318 e. The number of hydrogen-bond acceptors (Lipinski definition) is 2. The van der Waals surface area contributed by atoms with E-state index in [2.05, 4.69) is 5.32 Å². The summed E-state index contributed by atoms with van der Waals surface area (Å²) in [5.41, 5.74) is 1.32. The number of nitrogens with one attached hydrogen (secondary N) is 1. The fourth-order valence-corrected chi connectivity index (χ4v) is 2.78. The third-order valence-corrected chi connectivity index (χ3v) is 3.88. The largest absolute Gasteiger partial charge is 0.386 e. The zero-order chi connectivity index (χ0) is 15.6. The summed E-state index contributed by atoms with van der Waals surface area (Å²) in [7, 11) is 0. The van der Waals surface area contributed by atoms with Crippen molar-refractivity contribution in [3.8, 4) is 0 Å². The van der Waals surface area contributed by atoms with Crippen LogP contribution in [0.1, 0.15) is 24.1 Å². The highest BCUT2D eigenvalue weighted by Crippen LogP contribution is 2.24. The van der Waals surface area contributed by atoms with Crippen molar-refractivity contribution in [2.24, 2.45) is 0 Å². The highest BCUT2D eigenvalue weighted by Gasteiger charge is 2.40. The molecule has 1 aliphatic rings. The lowest BCUT2D eigenvalue weighted by atomic mass is 9.96. The van der Waals surface area contributed by atoms with Crippen molar-refractivity contribution in [3.05, 3.63) is 71.8 Å². The number of carbonyl (C=O) groups is 1. The number of amides is 2. The lowest BCUT2D eigenvalue weighted by Gasteiger charge is -2.44. The minimum absolute atomic E-state index is 0.149. The number of hydrogen-bond donors (Lipinski definition) is 2. The fourth-order valence-electron chi connectivity index (χ4n) is 2.78. The second-order valence-corrected chi connectivity index (χ2v) is 6.06. The number of carbonyl (C=O) groups excluding carboxylic acids is 1. The first kappa shape index (κ1) is 14.6. The van der Waals surface area contributed by atoms with E-state index < -0.39 is 5.60 Å². The van der Waals surface area contributed by atoms with Gasteiger partial charge in [0.15, 0.2) is 0 Å². The van der Waals surface area contributed by atoms with E-state index in [1.54, 1.807) is 11.8 Å². The summed E-state index contributed by atoms with van der Waals surface area (Å²) in [5.74, 6) is 0. The third-order valence-electron chi connectivity index (χ3n) is 3.88. The molecular formula is C18H20N2O2. The molecule has 1 saturated heterocycles. The van der Waals surface area contributed by atoms with E-state index in [9.17, 15) is 9.90 Å². The molecule has 0 aromatic heterocycles. The van der Waals surface area contributed by atoms with Crippen LogP contribution in [0, 0.1) is 0 Å². The van der Waals surface area contributed by atoms with Crippen LogP contribution in [0.15, 0.2) is 60.7 Å². The van der Waals surface area contributed by atoms with Crippen molar-refractivity contribution in [1.29, 1.82) is 0 Å². The normalized spacial score (nSPS) is 16.2. The highest BCUT2D eigenvalue weighted by molar-refractivity contribution is 5.76. The number of nitrogens with zero attached hydrogens (tertiary/aromatic N) is 1. The number of aliphatic hydroxyl groups is 1. The molecule has 2 aromatic rings. The van der Waals surface area contributed by atoms with Crippen LogP contribution in [0.2, 0.25) is 0 Å². The summed E-state index contributed by atoms with van der Waals surface area (Å²) in [6.45, 7) is 2.48. The second-order valence-electron chi connectivity index (χ2n) is 6.06. The highest BCUT2D eigenvalue weighted by atomic mass is 16.3. The molecule has 3 rings (SSSR count). The van der Waals surface area contributed by atoms with Crippen molar-refractivity contribution < 1.29 is 9.90 Å². The van der Waals surface area contributed by atoms with Crippen LogP contribution in [0.25, 0.3) is 0 Å². The van der Waals surface area contributed by atoms with Crippen LogP contribution in [-0.4, -0.2) is 34.7 Å². The molecular weight excluding hydrogens is 276 g/mol.